The molecular weight excluding hydrogens is 320 g/mol. The van der Waals surface area contributed by atoms with Crippen LogP contribution >= 0.6 is 11.3 Å². The van der Waals surface area contributed by atoms with Gasteiger partial charge in [0, 0.05) is 19.5 Å². The van der Waals surface area contributed by atoms with E-state index in [2.05, 4.69) is 44.6 Å². The summed E-state index contributed by atoms with van der Waals surface area (Å²) in [5.74, 6) is 1.72. The molecule has 1 aromatic heterocycles. The standard InChI is InChI=1S/C18H26N4OS/c1-13-6-8-17(9-7-13)23-14(2)10-20-18(19-4)22(5)11-16-12-24-15(3)21-16/h6-9,12,14H,10-11H2,1-5H3,(H,19,20). The summed E-state index contributed by atoms with van der Waals surface area (Å²) in [4.78, 5) is 10.9. The maximum atomic E-state index is 5.92. The number of hydrogen-bond acceptors (Lipinski definition) is 4. The van der Waals surface area contributed by atoms with Gasteiger partial charge in [0.2, 0.25) is 0 Å². The Kier molecular flexibility index (Phi) is 6.61. The Bertz CT molecular complexity index is 666. The van der Waals surface area contributed by atoms with E-state index in [-0.39, 0.29) is 6.10 Å². The fourth-order valence-electron chi connectivity index (χ4n) is 2.31. The lowest BCUT2D eigenvalue weighted by molar-refractivity contribution is 0.222. The van der Waals surface area contributed by atoms with Gasteiger partial charge in [0.15, 0.2) is 5.96 Å². The molecule has 2 rings (SSSR count). The van der Waals surface area contributed by atoms with E-state index in [1.165, 1.54) is 5.56 Å². The lowest BCUT2D eigenvalue weighted by atomic mass is 10.2. The van der Waals surface area contributed by atoms with E-state index in [4.69, 9.17) is 4.74 Å². The number of hydrogen-bond donors (Lipinski definition) is 1. The third-order valence-electron chi connectivity index (χ3n) is 3.54. The lowest BCUT2D eigenvalue weighted by Gasteiger charge is -2.23. The van der Waals surface area contributed by atoms with Crippen LogP contribution in [-0.4, -0.2) is 42.6 Å². The van der Waals surface area contributed by atoms with Gasteiger partial charge in [-0.15, -0.1) is 11.3 Å². The Labute approximate surface area is 148 Å². The van der Waals surface area contributed by atoms with E-state index in [1.54, 1.807) is 18.4 Å². The molecule has 6 heteroatoms. The van der Waals surface area contributed by atoms with Crippen LogP contribution in [0.25, 0.3) is 0 Å². The number of aromatic nitrogens is 1. The number of nitrogens with zero attached hydrogens (tertiary/aromatic N) is 3. The zero-order chi connectivity index (χ0) is 17.5. The van der Waals surface area contributed by atoms with Gasteiger partial charge in [-0.05, 0) is 32.9 Å². The maximum absolute atomic E-state index is 5.92. The first-order valence-corrected chi connectivity index (χ1v) is 8.92. The van der Waals surface area contributed by atoms with Gasteiger partial charge in [0.05, 0.1) is 23.8 Å². The SMILES string of the molecule is CN=C(NCC(C)Oc1ccc(C)cc1)N(C)Cc1csc(C)n1. The quantitative estimate of drug-likeness (QED) is 0.644. The van der Waals surface area contributed by atoms with E-state index in [1.807, 2.05) is 33.0 Å². The second kappa shape index (κ2) is 8.68. The van der Waals surface area contributed by atoms with Crippen molar-refractivity contribution < 1.29 is 4.74 Å². The average Bonchev–Trinajstić information content (AvgIpc) is 2.95. The van der Waals surface area contributed by atoms with Crippen molar-refractivity contribution in [2.45, 2.75) is 33.4 Å². The highest BCUT2D eigenvalue weighted by molar-refractivity contribution is 7.09. The van der Waals surface area contributed by atoms with Gasteiger partial charge >= 0.3 is 0 Å². The van der Waals surface area contributed by atoms with E-state index >= 15 is 0 Å². The van der Waals surface area contributed by atoms with E-state index in [9.17, 15) is 0 Å². The highest BCUT2D eigenvalue weighted by Gasteiger charge is 2.11. The Morgan fingerprint density at radius 2 is 2.04 bits per heavy atom. The van der Waals surface area contributed by atoms with Crippen molar-refractivity contribution in [2.75, 3.05) is 20.6 Å². The van der Waals surface area contributed by atoms with Crippen molar-refractivity contribution in [3.8, 4) is 5.75 Å². The minimum absolute atomic E-state index is 0.0411. The Morgan fingerprint density at radius 3 is 2.62 bits per heavy atom. The topological polar surface area (TPSA) is 49.8 Å². The van der Waals surface area contributed by atoms with Crippen molar-refractivity contribution in [1.29, 1.82) is 0 Å². The number of benzene rings is 1. The molecule has 130 valence electrons. The van der Waals surface area contributed by atoms with Crippen molar-refractivity contribution in [3.05, 3.63) is 45.9 Å². The summed E-state index contributed by atoms with van der Waals surface area (Å²) in [7, 11) is 3.80. The van der Waals surface area contributed by atoms with Crippen LogP contribution in [0.5, 0.6) is 5.75 Å². The molecule has 2 aromatic rings. The molecule has 1 N–H and O–H groups in total. The molecule has 0 aliphatic carbocycles. The van der Waals surface area contributed by atoms with Crippen molar-refractivity contribution in [1.82, 2.24) is 15.2 Å². The fourth-order valence-corrected chi connectivity index (χ4v) is 2.91. The lowest BCUT2D eigenvalue weighted by Crippen LogP contribution is -2.42. The second-order valence-corrected chi connectivity index (χ2v) is 6.95. The third-order valence-corrected chi connectivity index (χ3v) is 4.37. The molecule has 0 spiro atoms. The zero-order valence-electron chi connectivity index (χ0n) is 15.0. The third kappa shape index (κ3) is 5.53. The molecule has 0 radical (unpaired) electrons. The van der Waals surface area contributed by atoms with Crippen molar-refractivity contribution in [2.24, 2.45) is 4.99 Å². The van der Waals surface area contributed by atoms with Gasteiger partial charge in [0.25, 0.3) is 0 Å². The van der Waals surface area contributed by atoms with E-state index in [0.717, 1.165) is 29.0 Å². The predicted molar refractivity (Wildman–Crippen MR) is 101 cm³/mol. The first-order chi connectivity index (χ1) is 11.5. The normalized spacial score (nSPS) is 12.8. The van der Waals surface area contributed by atoms with Crippen LogP contribution in [0.4, 0.5) is 0 Å². The maximum Gasteiger partial charge on any atom is 0.193 e. The van der Waals surface area contributed by atoms with Crippen LogP contribution in [0.15, 0.2) is 34.6 Å². The van der Waals surface area contributed by atoms with Gasteiger partial charge in [-0.2, -0.15) is 0 Å². The van der Waals surface area contributed by atoms with Gasteiger partial charge < -0.3 is 15.0 Å². The molecule has 0 amide bonds. The number of aliphatic imine (C=N–C) groups is 1. The van der Waals surface area contributed by atoms with Crippen molar-refractivity contribution in [3.63, 3.8) is 0 Å². The molecule has 1 atom stereocenters. The molecule has 0 fully saturated rings. The van der Waals surface area contributed by atoms with Gasteiger partial charge in [-0.1, -0.05) is 17.7 Å². The van der Waals surface area contributed by atoms with Crippen LogP contribution in [0.1, 0.15) is 23.2 Å². The second-order valence-electron chi connectivity index (χ2n) is 5.88. The summed E-state index contributed by atoms with van der Waals surface area (Å²) in [6.45, 7) is 7.55. The number of thiazole rings is 1. The first-order valence-electron chi connectivity index (χ1n) is 8.04. The summed E-state index contributed by atoms with van der Waals surface area (Å²) in [6.07, 6.45) is 0.0411. The smallest absolute Gasteiger partial charge is 0.193 e. The highest BCUT2D eigenvalue weighted by Crippen LogP contribution is 2.13. The Balaban J connectivity index is 1.82. The monoisotopic (exact) mass is 346 g/mol. The Hall–Kier alpha value is -2.08. The molecule has 1 unspecified atom stereocenters. The number of rotatable bonds is 6. The summed E-state index contributed by atoms with van der Waals surface area (Å²) >= 11 is 1.67. The van der Waals surface area contributed by atoms with E-state index < -0.39 is 0 Å². The van der Waals surface area contributed by atoms with Crippen LogP contribution in [-0.2, 0) is 6.54 Å². The molecule has 1 heterocycles. The van der Waals surface area contributed by atoms with Gasteiger partial charge in [-0.3, -0.25) is 4.99 Å². The molecule has 0 bridgehead atoms. The molecule has 0 aliphatic heterocycles. The molecular formula is C18H26N4OS. The van der Waals surface area contributed by atoms with Crippen LogP contribution in [0.2, 0.25) is 0 Å². The molecule has 1 aromatic carbocycles. The highest BCUT2D eigenvalue weighted by atomic mass is 32.1. The first kappa shape index (κ1) is 18.3. The summed E-state index contributed by atoms with van der Waals surface area (Å²) in [5, 5.41) is 6.52. The van der Waals surface area contributed by atoms with Gasteiger partial charge in [0.1, 0.15) is 11.9 Å². The molecule has 0 saturated carbocycles. The molecule has 0 aliphatic rings. The zero-order valence-corrected chi connectivity index (χ0v) is 15.9. The number of nitrogens with one attached hydrogen (secondary N) is 1. The predicted octanol–water partition coefficient (Wildman–Crippen LogP) is 3.23. The number of ether oxygens (including phenoxy) is 1. The minimum atomic E-state index is 0.0411. The summed E-state index contributed by atoms with van der Waals surface area (Å²) in [6, 6.07) is 8.10. The van der Waals surface area contributed by atoms with Crippen LogP contribution < -0.4 is 10.1 Å². The number of guanidine groups is 1. The number of aryl methyl sites for hydroxylation is 2. The molecule has 5 nitrogen and oxygen atoms in total. The minimum Gasteiger partial charge on any atom is -0.489 e. The van der Waals surface area contributed by atoms with Crippen LogP contribution in [0.3, 0.4) is 0 Å². The van der Waals surface area contributed by atoms with E-state index in [0.29, 0.717) is 6.54 Å². The summed E-state index contributed by atoms with van der Waals surface area (Å²) < 4.78 is 5.92. The molecule has 24 heavy (non-hydrogen) atoms. The van der Waals surface area contributed by atoms with Crippen molar-refractivity contribution >= 4 is 17.3 Å². The Morgan fingerprint density at radius 1 is 1.33 bits per heavy atom. The largest absolute Gasteiger partial charge is 0.489 e. The van der Waals surface area contributed by atoms with Crippen LogP contribution in [0, 0.1) is 13.8 Å². The summed E-state index contributed by atoms with van der Waals surface area (Å²) in [5.41, 5.74) is 2.29. The fraction of sp³-hybridized carbons (Fsp3) is 0.444. The van der Waals surface area contributed by atoms with Gasteiger partial charge in [-0.25, -0.2) is 4.98 Å². The molecule has 0 saturated heterocycles. The average molecular weight is 347 g/mol.